The van der Waals surface area contributed by atoms with E-state index in [0.717, 1.165) is 53.6 Å². The van der Waals surface area contributed by atoms with Gasteiger partial charge in [0, 0.05) is 29.5 Å². The summed E-state index contributed by atoms with van der Waals surface area (Å²) in [6, 6.07) is 15.6. The summed E-state index contributed by atoms with van der Waals surface area (Å²) >= 11 is 3.38. The third-order valence-electron chi connectivity index (χ3n) is 4.51. The van der Waals surface area contributed by atoms with Crippen LogP contribution in [0.4, 0.5) is 0 Å². The van der Waals surface area contributed by atoms with Gasteiger partial charge in [0.1, 0.15) is 5.82 Å². The van der Waals surface area contributed by atoms with Crippen LogP contribution in [0.2, 0.25) is 0 Å². The quantitative estimate of drug-likeness (QED) is 0.381. The molecule has 0 aliphatic carbocycles. The topological polar surface area (TPSA) is 46.9 Å². The second kappa shape index (κ2) is 9.51. The molecule has 1 heterocycles. The van der Waals surface area contributed by atoms with E-state index in [1.165, 1.54) is 0 Å². The summed E-state index contributed by atoms with van der Waals surface area (Å²) in [5.74, 6) is 1.09. The number of aryl methyl sites for hydroxylation is 1. The van der Waals surface area contributed by atoms with E-state index in [1.54, 1.807) is 0 Å². The molecule has 0 fully saturated rings. The maximum atomic E-state index is 12.1. The highest BCUT2D eigenvalue weighted by atomic mass is 79.9. The van der Waals surface area contributed by atoms with Gasteiger partial charge in [0.25, 0.3) is 5.91 Å². The van der Waals surface area contributed by atoms with Crippen molar-refractivity contribution in [1.82, 2.24) is 14.9 Å². The molecule has 4 nitrogen and oxygen atoms in total. The first kappa shape index (κ1) is 19.4. The maximum Gasteiger partial charge on any atom is 0.251 e. The molecule has 0 unspecified atom stereocenters. The number of amides is 1. The van der Waals surface area contributed by atoms with Gasteiger partial charge in [-0.15, -0.1) is 6.58 Å². The van der Waals surface area contributed by atoms with E-state index < -0.39 is 0 Å². The number of unbranched alkanes of at least 4 members (excludes halogenated alkanes) is 2. The normalized spacial score (nSPS) is 10.9. The summed E-state index contributed by atoms with van der Waals surface area (Å²) in [6.07, 6.45) is 5.91. The number of imidazole rings is 1. The zero-order chi connectivity index (χ0) is 19.1. The Bertz CT molecular complexity index is 915. The molecule has 1 amide bonds. The predicted octanol–water partition coefficient (Wildman–Crippen LogP) is 5.13. The monoisotopic (exact) mass is 425 g/mol. The number of hydrogen-bond donors (Lipinski definition) is 1. The molecule has 1 aromatic heterocycles. The van der Waals surface area contributed by atoms with Crippen molar-refractivity contribution >= 4 is 32.9 Å². The van der Waals surface area contributed by atoms with E-state index in [1.807, 2.05) is 42.5 Å². The van der Waals surface area contributed by atoms with Gasteiger partial charge in [0.2, 0.25) is 0 Å². The van der Waals surface area contributed by atoms with Gasteiger partial charge < -0.3 is 9.88 Å². The van der Waals surface area contributed by atoms with Gasteiger partial charge in [0.15, 0.2) is 0 Å². The number of nitrogens with one attached hydrogen (secondary N) is 1. The molecule has 0 aliphatic rings. The Labute approximate surface area is 168 Å². The van der Waals surface area contributed by atoms with Crippen LogP contribution in [0.3, 0.4) is 0 Å². The molecule has 140 valence electrons. The van der Waals surface area contributed by atoms with Crippen molar-refractivity contribution in [2.75, 3.05) is 6.54 Å². The highest BCUT2D eigenvalue weighted by Crippen LogP contribution is 2.18. The summed E-state index contributed by atoms with van der Waals surface area (Å²) in [5, 5.41) is 2.98. The lowest BCUT2D eigenvalue weighted by Gasteiger charge is -2.07. The Kier molecular flexibility index (Phi) is 6.82. The third kappa shape index (κ3) is 5.07. The van der Waals surface area contributed by atoms with Crippen LogP contribution < -0.4 is 5.32 Å². The SMILES string of the molecule is C=CCn1c(CCCCCNC(=O)c2ccc(Br)cc2)nc2ccccc21. The van der Waals surface area contributed by atoms with Crippen LogP contribution in [0, 0.1) is 0 Å². The van der Waals surface area contributed by atoms with Crippen LogP contribution in [0.15, 0.2) is 65.7 Å². The first-order valence-corrected chi connectivity index (χ1v) is 10.1. The standard InChI is InChI=1S/C22H24BrN3O/c1-2-16-26-20-9-6-5-8-19(20)25-21(26)10-4-3-7-15-24-22(27)17-11-13-18(23)14-12-17/h2,5-6,8-9,11-14H,1,3-4,7,10,15-16H2,(H,24,27). The Morgan fingerprint density at radius 3 is 2.67 bits per heavy atom. The molecule has 0 spiro atoms. The first-order valence-electron chi connectivity index (χ1n) is 9.28. The minimum Gasteiger partial charge on any atom is -0.352 e. The third-order valence-corrected chi connectivity index (χ3v) is 5.04. The molecule has 0 saturated heterocycles. The van der Waals surface area contributed by atoms with Gasteiger partial charge in [-0.1, -0.05) is 40.6 Å². The van der Waals surface area contributed by atoms with Gasteiger partial charge in [-0.05, 0) is 49.2 Å². The lowest BCUT2D eigenvalue weighted by Crippen LogP contribution is -2.24. The number of allylic oxidation sites excluding steroid dienone is 1. The van der Waals surface area contributed by atoms with Crippen LogP contribution in [-0.2, 0) is 13.0 Å². The Hall–Kier alpha value is -2.40. The van der Waals surface area contributed by atoms with Crippen molar-refractivity contribution in [3.05, 3.63) is 77.0 Å². The molecule has 1 N–H and O–H groups in total. The van der Waals surface area contributed by atoms with Crippen molar-refractivity contribution in [2.24, 2.45) is 0 Å². The smallest absolute Gasteiger partial charge is 0.251 e. The molecule has 5 heteroatoms. The number of para-hydroxylation sites is 2. The van der Waals surface area contributed by atoms with Crippen LogP contribution in [-0.4, -0.2) is 22.0 Å². The van der Waals surface area contributed by atoms with E-state index in [0.29, 0.717) is 12.1 Å². The lowest BCUT2D eigenvalue weighted by molar-refractivity contribution is 0.0953. The van der Waals surface area contributed by atoms with Gasteiger partial charge in [-0.25, -0.2) is 4.98 Å². The average Bonchev–Trinajstić information content (AvgIpc) is 3.03. The van der Waals surface area contributed by atoms with Crippen molar-refractivity contribution in [2.45, 2.75) is 32.2 Å². The van der Waals surface area contributed by atoms with Crippen molar-refractivity contribution < 1.29 is 4.79 Å². The molecule has 0 saturated carbocycles. The largest absolute Gasteiger partial charge is 0.352 e. The number of aromatic nitrogens is 2. The fraction of sp³-hybridized carbons (Fsp3) is 0.273. The predicted molar refractivity (Wildman–Crippen MR) is 114 cm³/mol. The van der Waals surface area contributed by atoms with Gasteiger partial charge in [-0.2, -0.15) is 0 Å². The number of fused-ring (bicyclic) bond motifs is 1. The Balaban J connectivity index is 1.44. The van der Waals surface area contributed by atoms with E-state index >= 15 is 0 Å². The van der Waals surface area contributed by atoms with E-state index in [9.17, 15) is 4.79 Å². The summed E-state index contributed by atoms with van der Waals surface area (Å²) in [6.45, 7) is 5.33. The van der Waals surface area contributed by atoms with E-state index in [-0.39, 0.29) is 5.91 Å². The Morgan fingerprint density at radius 2 is 1.89 bits per heavy atom. The molecule has 0 aliphatic heterocycles. The number of rotatable bonds is 9. The lowest BCUT2D eigenvalue weighted by atomic mass is 10.1. The number of carbonyl (C=O) groups is 1. The molecule has 3 rings (SSSR count). The van der Waals surface area contributed by atoms with Gasteiger partial charge >= 0.3 is 0 Å². The molecule has 3 aromatic rings. The summed E-state index contributed by atoms with van der Waals surface area (Å²) < 4.78 is 3.21. The molecule has 0 bridgehead atoms. The molecular formula is C22H24BrN3O. The molecule has 27 heavy (non-hydrogen) atoms. The summed E-state index contributed by atoms with van der Waals surface area (Å²) in [4.78, 5) is 16.8. The van der Waals surface area contributed by atoms with Crippen molar-refractivity contribution in [3.8, 4) is 0 Å². The minimum absolute atomic E-state index is 0.0183. The number of hydrogen-bond acceptors (Lipinski definition) is 2. The Morgan fingerprint density at radius 1 is 1.11 bits per heavy atom. The first-order chi connectivity index (χ1) is 13.2. The fourth-order valence-corrected chi connectivity index (χ4v) is 3.40. The number of halogens is 1. The fourth-order valence-electron chi connectivity index (χ4n) is 3.14. The highest BCUT2D eigenvalue weighted by molar-refractivity contribution is 9.10. The number of benzene rings is 2. The minimum atomic E-state index is -0.0183. The van der Waals surface area contributed by atoms with E-state index in [4.69, 9.17) is 4.98 Å². The molecular weight excluding hydrogens is 402 g/mol. The molecule has 0 radical (unpaired) electrons. The van der Waals surface area contributed by atoms with Crippen molar-refractivity contribution in [3.63, 3.8) is 0 Å². The van der Waals surface area contributed by atoms with Crippen molar-refractivity contribution in [1.29, 1.82) is 0 Å². The molecule has 0 atom stereocenters. The van der Waals surface area contributed by atoms with Crippen LogP contribution in [0.5, 0.6) is 0 Å². The highest BCUT2D eigenvalue weighted by Gasteiger charge is 2.09. The zero-order valence-electron chi connectivity index (χ0n) is 15.3. The second-order valence-electron chi connectivity index (χ2n) is 6.49. The second-order valence-corrected chi connectivity index (χ2v) is 7.41. The maximum absolute atomic E-state index is 12.1. The van der Waals surface area contributed by atoms with Crippen LogP contribution in [0.25, 0.3) is 11.0 Å². The average molecular weight is 426 g/mol. The number of carbonyl (C=O) groups excluding carboxylic acids is 1. The van der Waals surface area contributed by atoms with Crippen LogP contribution in [0.1, 0.15) is 35.4 Å². The summed E-state index contributed by atoms with van der Waals surface area (Å²) in [7, 11) is 0. The van der Waals surface area contributed by atoms with Gasteiger partial charge in [0.05, 0.1) is 11.0 Å². The zero-order valence-corrected chi connectivity index (χ0v) is 16.9. The number of nitrogens with zero attached hydrogens (tertiary/aromatic N) is 2. The molecule has 2 aromatic carbocycles. The van der Waals surface area contributed by atoms with E-state index in [2.05, 4.69) is 44.5 Å². The van der Waals surface area contributed by atoms with Gasteiger partial charge in [-0.3, -0.25) is 4.79 Å². The summed E-state index contributed by atoms with van der Waals surface area (Å²) in [5.41, 5.74) is 2.89. The van der Waals surface area contributed by atoms with Crippen LogP contribution >= 0.6 is 15.9 Å².